The van der Waals surface area contributed by atoms with Gasteiger partial charge in [-0.2, -0.15) is 0 Å². The fourth-order valence-corrected chi connectivity index (χ4v) is 0.689. The first-order valence-corrected chi connectivity index (χ1v) is 3.27. The van der Waals surface area contributed by atoms with E-state index in [1.165, 1.54) is 12.8 Å². The summed E-state index contributed by atoms with van der Waals surface area (Å²) in [6, 6.07) is 0. The Hall–Kier alpha value is -0.720. The maximum atomic E-state index is 5.20. The van der Waals surface area contributed by atoms with Crippen LogP contribution in [-0.2, 0) is 4.74 Å². The van der Waals surface area contributed by atoms with Crippen molar-refractivity contribution in [1.82, 2.24) is 0 Å². The van der Waals surface area contributed by atoms with Crippen molar-refractivity contribution in [3.05, 3.63) is 25.0 Å². The summed E-state index contributed by atoms with van der Waals surface area (Å²) in [4.78, 5) is 0. The number of allylic oxidation sites excluding steroid dienone is 1. The maximum absolute atomic E-state index is 5.20. The van der Waals surface area contributed by atoms with Crippen LogP contribution in [-0.4, -0.2) is 6.61 Å². The molecule has 0 atom stereocenters. The van der Waals surface area contributed by atoms with E-state index in [0.717, 1.165) is 5.76 Å². The van der Waals surface area contributed by atoms with Crippen LogP contribution in [0.1, 0.15) is 12.8 Å². The zero-order valence-corrected chi connectivity index (χ0v) is 5.60. The Labute approximate surface area is 56.0 Å². The van der Waals surface area contributed by atoms with E-state index in [4.69, 9.17) is 4.74 Å². The molecular weight excluding hydrogens is 112 g/mol. The molecule has 1 saturated carbocycles. The van der Waals surface area contributed by atoms with Crippen LogP contribution in [0.5, 0.6) is 0 Å². The molecule has 0 aromatic carbocycles. The lowest BCUT2D eigenvalue weighted by atomic mass is 10.4. The van der Waals surface area contributed by atoms with Crippen molar-refractivity contribution in [2.24, 2.45) is 5.92 Å². The molecule has 1 fully saturated rings. The van der Waals surface area contributed by atoms with Crippen LogP contribution in [0.4, 0.5) is 0 Å². The van der Waals surface area contributed by atoms with Crippen molar-refractivity contribution in [2.75, 3.05) is 6.61 Å². The van der Waals surface area contributed by atoms with Gasteiger partial charge >= 0.3 is 0 Å². The first kappa shape index (κ1) is 6.40. The third-order valence-electron chi connectivity index (χ3n) is 1.42. The fraction of sp³-hybridized carbons (Fsp3) is 0.500. The van der Waals surface area contributed by atoms with Crippen LogP contribution in [0, 0.1) is 5.92 Å². The summed E-state index contributed by atoms with van der Waals surface area (Å²) >= 11 is 0. The second-order valence-corrected chi connectivity index (χ2v) is 2.34. The van der Waals surface area contributed by atoms with Crippen LogP contribution < -0.4 is 0 Å². The normalized spacial score (nSPS) is 16.9. The number of ether oxygens (including phenoxy) is 1. The highest BCUT2D eigenvalue weighted by Crippen LogP contribution is 2.35. The number of rotatable bonds is 4. The van der Waals surface area contributed by atoms with Gasteiger partial charge in [-0.25, -0.2) is 0 Å². The molecule has 0 N–H and O–H groups in total. The molecule has 9 heavy (non-hydrogen) atoms. The monoisotopic (exact) mass is 124 g/mol. The molecule has 0 bridgehead atoms. The summed E-state index contributed by atoms with van der Waals surface area (Å²) in [5.41, 5.74) is 0. The van der Waals surface area contributed by atoms with Crippen molar-refractivity contribution in [1.29, 1.82) is 0 Å². The van der Waals surface area contributed by atoms with Crippen molar-refractivity contribution in [3.63, 3.8) is 0 Å². The van der Waals surface area contributed by atoms with E-state index in [0.29, 0.717) is 12.5 Å². The molecule has 0 aliphatic heterocycles. The van der Waals surface area contributed by atoms with E-state index in [-0.39, 0.29) is 0 Å². The molecule has 0 amide bonds. The van der Waals surface area contributed by atoms with Gasteiger partial charge in [-0.05, 0) is 12.8 Å². The van der Waals surface area contributed by atoms with Gasteiger partial charge in [0.2, 0.25) is 0 Å². The average Bonchev–Trinajstić information content (AvgIpc) is 2.63. The molecule has 0 saturated heterocycles. The molecule has 1 nitrogen and oxygen atoms in total. The van der Waals surface area contributed by atoms with Gasteiger partial charge in [0.05, 0.1) is 5.76 Å². The minimum atomic E-state index is 0.606. The molecular formula is C8H12O. The summed E-state index contributed by atoms with van der Waals surface area (Å²) in [5.74, 6) is 1.60. The third kappa shape index (κ3) is 1.92. The third-order valence-corrected chi connectivity index (χ3v) is 1.42. The predicted molar refractivity (Wildman–Crippen MR) is 38.0 cm³/mol. The van der Waals surface area contributed by atoms with Crippen LogP contribution >= 0.6 is 0 Å². The van der Waals surface area contributed by atoms with Gasteiger partial charge in [0.25, 0.3) is 0 Å². The Morgan fingerprint density at radius 3 is 2.78 bits per heavy atom. The lowest BCUT2D eigenvalue weighted by Crippen LogP contribution is -1.91. The molecule has 0 heterocycles. The average molecular weight is 124 g/mol. The smallest absolute Gasteiger partial charge is 0.106 e. The Balaban J connectivity index is 2.10. The van der Waals surface area contributed by atoms with Crippen LogP contribution in [0.2, 0.25) is 0 Å². The first-order chi connectivity index (χ1) is 4.34. The standard InChI is InChI=1S/C8H12O/c1-3-6-9-7(2)8-4-5-8/h3,8H,1-2,4-6H2. The lowest BCUT2D eigenvalue weighted by Gasteiger charge is -2.02. The van der Waals surface area contributed by atoms with Crippen molar-refractivity contribution in [2.45, 2.75) is 12.8 Å². The van der Waals surface area contributed by atoms with Crippen molar-refractivity contribution >= 4 is 0 Å². The molecule has 50 valence electrons. The largest absolute Gasteiger partial charge is 0.494 e. The fourth-order valence-electron chi connectivity index (χ4n) is 0.689. The highest BCUT2D eigenvalue weighted by atomic mass is 16.5. The molecule has 1 aliphatic rings. The van der Waals surface area contributed by atoms with Gasteiger partial charge in [0.15, 0.2) is 0 Å². The second kappa shape index (κ2) is 2.72. The highest BCUT2D eigenvalue weighted by Gasteiger charge is 2.25. The van der Waals surface area contributed by atoms with Crippen molar-refractivity contribution in [3.8, 4) is 0 Å². The summed E-state index contributed by atoms with van der Waals surface area (Å²) in [5, 5.41) is 0. The Morgan fingerprint density at radius 1 is 1.67 bits per heavy atom. The minimum Gasteiger partial charge on any atom is -0.494 e. The molecule has 0 unspecified atom stereocenters. The Morgan fingerprint density at radius 2 is 2.33 bits per heavy atom. The van der Waals surface area contributed by atoms with Crippen LogP contribution in [0.15, 0.2) is 25.0 Å². The van der Waals surface area contributed by atoms with E-state index in [1.807, 2.05) is 0 Å². The highest BCUT2D eigenvalue weighted by molar-refractivity contribution is 4.99. The second-order valence-electron chi connectivity index (χ2n) is 2.34. The van der Waals surface area contributed by atoms with E-state index in [9.17, 15) is 0 Å². The van der Waals surface area contributed by atoms with Crippen LogP contribution in [0.25, 0.3) is 0 Å². The summed E-state index contributed by atoms with van der Waals surface area (Å²) in [6.07, 6.45) is 4.26. The molecule has 1 heteroatoms. The molecule has 0 aromatic rings. The lowest BCUT2D eigenvalue weighted by molar-refractivity contribution is 0.232. The van der Waals surface area contributed by atoms with E-state index < -0.39 is 0 Å². The summed E-state index contributed by atoms with van der Waals surface area (Å²) in [7, 11) is 0. The number of hydrogen-bond donors (Lipinski definition) is 0. The van der Waals surface area contributed by atoms with Gasteiger partial charge in [-0.1, -0.05) is 19.2 Å². The summed E-state index contributed by atoms with van der Waals surface area (Å²) < 4.78 is 5.20. The van der Waals surface area contributed by atoms with E-state index >= 15 is 0 Å². The SMILES string of the molecule is C=CCOC(=C)C1CC1. The van der Waals surface area contributed by atoms with E-state index in [2.05, 4.69) is 13.2 Å². The van der Waals surface area contributed by atoms with Gasteiger partial charge in [0.1, 0.15) is 6.61 Å². The molecule has 0 radical (unpaired) electrons. The van der Waals surface area contributed by atoms with Gasteiger partial charge in [-0.15, -0.1) is 0 Å². The Bertz CT molecular complexity index is 123. The summed E-state index contributed by atoms with van der Waals surface area (Å²) in [6.45, 7) is 7.94. The quantitative estimate of drug-likeness (QED) is 0.412. The number of hydrogen-bond acceptors (Lipinski definition) is 1. The topological polar surface area (TPSA) is 9.23 Å². The van der Waals surface area contributed by atoms with Crippen molar-refractivity contribution < 1.29 is 4.74 Å². The zero-order valence-electron chi connectivity index (χ0n) is 5.60. The molecule has 0 aromatic heterocycles. The molecule has 0 spiro atoms. The van der Waals surface area contributed by atoms with Gasteiger partial charge < -0.3 is 4.74 Å². The van der Waals surface area contributed by atoms with Gasteiger partial charge in [0, 0.05) is 5.92 Å². The molecule has 1 aliphatic carbocycles. The first-order valence-electron chi connectivity index (χ1n) is 3.27. The van der Waals surface area contributed by atoms with Gasteiger partial charge in [-0.3, -0.25) is 0 Å². The maximum Gasteiger partial charge on any atom is 0.106 e. The zero-order chi connectivity index (χ0) is 6.69. The predicted octanol–water partition coefficient (Wildman–Crippen LogP) is 2.11. The van der Waals surface area contributed by atoms with E-state index in [1.54, 1.807) is 6.08 Å². The van der Waals surface area contributed by atoms with Crippen LogP contribution in [0.3, 0.4) is 0 Å². The molecule has 1 rings (SSSR count). The minimum absolute atomic E-state index is 0.606. The Kier molecular flexibility index (Phi) is 1.93.